The summed E-state index contributed by atoms with van der Waals surface area (Å²) in [6, 6.07) is 7.13. The molecule has 0 aliphatic rings. The van der Waals surface area contributed by atoms with Gasteiger partial charge >= 0.3 is 0 Å². The maximum atomic E-state index is 13.9. The Balaban J connectivity index is 1.60. The summed E-state index contributed by atoms with van der Waals surface area (Å²) in [5, 5.41) is 14.7. The van der Waals surface area contributed by atoms with Gasteiger partial charge in [-0.3, -0.25) is 9.78 Å². The number of aryl methyl sites for hydroxylation is 1. The number of hydrogen-bond acceptors (Lipinski definition) is 4. The number of benzene rings is 1. The molecule has 132 valence electrons. The van der Waals surface area contributed by atoms with Gasteiger partial charge in [-0.15, -0.1) is 0 Å². The van der Waals surface area contributed by atoms with Gasteiger partial charge in [0.05, 0.1) is 19.0 Å². The van der Waals surface area contributed by atoms with Gasteiger partial charge in [0, 0.05) is 42.7 Å². The van der Waals surface area contributed by atoms with Crippen LogP contribution in [0.2, 0.25) is 0 Å². The van der Waals surface area contributed by atoms with Crippen molar-refractivity contribution in [3.8, 4) is 17.0 Å². The van der Waals surface area contributed by atoms with Crippen LogP contribution in [0.4, 0.5) is 4.39 Å². The summed E-state index contributed by atoms with van der Waals surface area (Å²) in [6.45, 7) is 3.65. The third-order valence-corrected chi connectivity index (χ3v) is 4.15. The van der Waals surface area contributed by atoms with Crippen molar-refractivity contribution < 1.29 is 9.13 Å². The Labute approximate surface area is 146 Å². The molecule has 0 bridgehead atoms. The molecule has 1 atom stereocenters. The van der Waals surface area contributed by atoms with Gasteiger partial charge in [0.2, 0.25) is 0 Å². The SMILES string of the molecule is COc1ccc(-c2[nH]ncc2CN[C@@H](C)CCn2cccn2)cc1F. The molecule has 0 fully saturated rings. The first-order chi connectivity index (χ1) is 12.2. The molecule has 7 heteroatoms. The second-order valence-corrected chi connectivity index (χ2v) is 5.96. The Hall–Kier alpha value is -2.67. The number of hydrogen-bond donors (Lipinski definition) is 2. The van der Waals surface area contributed by atoms with Crippen LogP contribution in [0.25, 0.3) is 11.3 Å². The van der Waals surface area contributed by atoms with Crippen LogP contribution in [0.1, 0.15) is 18.9 Å². The maximum Gasteiger partial charge on any atom is 0.165 e. The number of nitrogens with zero attached hydrogens (tertiary/aromatic N) is 3. The van der Waals surface area contributed by atoms with Crippen LogP contribution < -0.4 is 10.1 Å². The maximum absolute atomic E-state index is 13.9. The van der Waals surface area contributed by atoms with E-state index in [1.165, 1.54) is 13.2 Å². The van der Waals surface area contributed by atoms with Crippen LogP contribution in [0.15, 0.2) is 42.9 Å². The molecule has 0 spiro atoms. The van der Waals surface area contributed by atoms with Crippen LogP contribution in [0.5, 0.6) is 5.75 Å². The summed E-state index contributed by atoms with van der Waals surface area (Å²) in [7, 11) is 1.45. The van der Waals surface area contributed by atoms with E-state index in [0.29, 0.717) is 12.6 Å². The predicted molar refractivity (Wildman–Crippen MR) is 93.7 cm³/mol. The van der Waals surface area contributed by atoms with Crippen LogP contribution in [-0.4, -0.2) is 33.1 Å². The monoisotopic (exact) mass is 343 g/mol. The van der Waals surface area contributed by atoms with Crippen LogP contribution in [-0.2, 0) is 13.1 Å². The minimum absolute atomic E-state index is 0.232. The fourth-order valence-corrected chi connectivity index (χ4v) is 2.66. The third-order valence-electron chi connectivity index (χ3n) is 4.15. The van der Waals surface area contributed by atoms with Gasteiger partial charge in [-0.05, 0) is 37.6 Å². The van der Waals surface area contributed by atoms with Crippen molar-refractivity contribution in [1.82, 2.24) is 25.3 Å². The molecule has 0 radical (unpaired) electrons. The molecule has 2 heterocycles. The summed E-state index contributed by atoms with van der Waals surface area (Å²) in [6.07, 6.45) is 6.47. The molecule has 2 aromatic heterocycles. The second kappa shape index (κ2) is 7.94. The zero-order chi connectivity index (χ0) is 17.6. The summed E-state index contributed by atoms with van der Waals surface area (Å²) >= 11 is 0. The molecular weight excluding hydrogens is 321 g/mol. The lowest BCUT2D eigenvalue weighted by Gasteiger charge is -2.14. The number of methoxy groups -OCH3 is 1. The van der Waals surface area contributed by atoms with E-state index in [2.05, 4.69) is 27.5 Å². The molecule has 3 rings (SSSR count). The lowest BCUT2D eigenvalue weighted by molar-refractivity contribution is 0.386. The van der Waals surface area contributed by atoms with Gasteiger partial charge in [0.15, 0.2) is 11.6 Å². The first-order valence-electron chi connectivity index (χ1n) is 8.24. The van der Waals surface area contributed by atoms with E-state index < -0.39 is 0 Å². The first-order valence-corrected chi connectivity index (χ1v) is 8.24. The van der Waals surface area contributed by atoms with E-state index in [1.54, 1.807) is 18.5 Å². The fraction of sp³-hybridized carbons (Fsp3) is 0.333. The first kappa shape index (κ1) is 17.2. The van der Waals surface area contributed by atoms with Gasteiger partial charge in [0.25, 0.3) is 0 Å². The minimum Gasteiger partial charge on any atom is -0.494 e. The number of rotatable bonds is 8. The number of nitrogens with one attached hydrogen (secondary N) is 2. The Bertz CT molecular complexity index is 800. The Morgan fingerprint density at radius 2 is 2.28 bits per heavy atom. The van der Waals surface area contributed by atoms with Gasteiger partial charge in [-0.2, -0.15) is 10.2 Å². The molecule has 0 saturated carbocycles. The molecule has 3 aromatic rings. The highest BCUT2D eigenvalue weighted by molar-refractivity contribution is 5.63. The molecule has 1 aromatic carbocycles. The van der Waals surface area contributed by atoms with Gasteiger partial charge in [0.1, 0.15) is 0 Å². The number of H-pyrrole nitrogens is 1. The molecule has 2 N–H and O–H groups in total. The summed E-state index contributed by atoms with van der Waals surface area (Å²) < 4.78 is 20.8. The fourth-order valence-electron chi connectivity index (χ4n) is 2.66. The molecule has 0 aliphatic carbocycles. The number of aromatic nitrogens is 4. The van der Waals surface area contributed by atoms with E-state index >= 15 is 0 Å². The highest BCUT2D eigenvalue weighted by atomic mass is 19.1. The Morgan fingerprint density at radius 3 is 3.00 bits per heavy atom. The average molecular weight is 343 g/mol. The predicted octanol–water partition coefficient (Wildman–Crippen LogP) is 2.99. The zero-order valence-corrected chi connectivity index (χ0v) is 14.4. The molecule has 0 aliphatic heterocycles. The van der Waals surface area contributed by atoms with E-state index in [-0.39, 0.29) is 11.6 Å². The lowest BCUT2D eigenvalue weighted by Crippen LogP contribution is -2.27. The summed E-state index contributed by atoms with van der Waals surface area (Å²) in [5.74, 6) is -0.156. The average Bonchev–Trinajstić information content (AvgIpc) is 3.29. The van der Waals surface area contributed by atoms with E-state index in [9.17, 15) is 4.39 Å². The van der Waals surface area contributed by atoms with Crippen molar-refractivity contribution in [1.29, 1.82) is 0 Å². The number of halogens is 1. The molecule has 0 amide bonds. The largest absolute Gasteiger partial charge is 0.494 e. The van der Waals surface area contributed by atoms with Crippen LogP contribution in [0.3, 0.4) is 0 Å². The second-order valence-electron chi connectivity index (χ2n) is 5.96. The minimum atomic E-state index is -0.388. The van der Waals surface area contributed by atoms with Gasteiger partial charge in [-0.25, -0.2) is 4.39 Å². The van der Waals surface area contributed by atoms with E-state index in [4.69, 9.17) is 4.74 Å². The van der Waals surface area contributed by atoms with Crippen LogP contribution in [0, 0.1) is 5.82 Å². The van der Waals surface area contributed by atoms with Crippen molar-refractivity contribution >= 4 is 0 Å². The van der Waals surface area contributed by atoms with Crippen molar-refractivity contribution in [3.05, 3.63) is 54.2 Å². The highest BCUT2D eigenvalue weighted by Crippen LogP contribution is 2.26. The number of aromatic amines is 1. The summed E-state index contributed by atoms with van der Waals surface area (Å²) in [4.78, 5) is 0. The smallest absolute Gasteiger partial charge is 0.165 e. The molecular formula is C18H22FN5O. The topological polar surface area (TPSA) is 67.8 Å². The number of ether oxygens (including phenoxy) is 1. The quantitative estimate of drug-likeness (QED) is 0.660. The highest BCUT2D eigenvalue weighted by Gasteiger charge is 2.12. The normalized spacial score (nSPS) is 12.3. The van der Waals surface area contributed by atoms with Gasteiger partial charge < -0.3 is 10.1 Å². The van der Waals surface area contributed by atoms with Crippen molar-refractivity contribution in [2.45, 2.75) is 32.5 Å². The molecule has 6 nitrogen and oxygen atoms in total. The molecule has 0 saturated heterocycles. The Kier molecular flexibility index (Phi) is 5.45. The molecule has 25 heavy (non-hydrogen) atoms. The van der Waals surface area contributed by atoms with Crippen molar-refractivity contribution in [2.24, 2.45) is 0 Å². The Morgan fingerprint density at radius 1 is 1.40 bits per heavy atom. The zero-order valence-electron chi connectivity index (χ0n) is 14.4. The standard InChI is InChI=1S/C18H22FN5O/c1-13(6-9-24-8-3-7-22-24)20-11-15-12-21-23-18(15)14-4-5-17(25-2)16(19)10-14/h3-5,7-8,10,12-13,20H,6,9,11H2,1-2H3,(H,21,23)/t13-/m0/s1. The summed E-state index contributed by atoms with van der Waals surface area (Å²) in [5.41, 5.74) is 2.56. The van der Waals surface area contributed by atoms with E-state index in [1.807, 2.05) is 23.0 Å². The van der Waals surface area contributed by atoms with E-state index in [0.717, 1.165) is 29.8 Å². The van der Waals surface area contributed by atoms with Crippen molar-refractivity contribution in [3.63, 3.8) is 0 Å². The van der Waals surface area contributed by atoms with Gasteiger partial charge in [-0.1, -0.05) is 0 Å². The molecule has 0 unspecified atom stereocenters. The van der Waals surface area contributed by atoms with Crippen LogP contribution >= 0.6 is 0 Å². The lowest BCUT2D eigenvalue weighted by atomic mass is 10.1. The van der Waals surface area contributed by atoms with Crippen molar-refractivity contribution in [2.75, 3.05) is 7.11 Å². The third kappa shape index (κ3) is 4.24.